The van der Waals surface area contributed by atoms with Crippen molar-refractivity contribution in [3.8, 4) is 5.88 Å². The Morgan fingerprint density at radius 1 is 1.57 bits per heavy atom. The average molecular weight is 320 g/mol. The summed E-state index contributed by atoms with van der Waals surface area (Å²) in [6, 6.07) is 3.96. The van der Waals surface area contributed by atoms with Crippen molar-refractivity contribution in [2.45, 2.75) is 26.3 Å². The monoisotopic (exact) mass is 320 g/mol. The molecule has 0 aromatic carbocycles. The molecule has 1 aromatic heterocycles. The third-order valence-corrected chi connectivity index (χ3v) is 3.86. The lowest BCUT2D eigenvalue weighted by Crippen LogP contribution is -2.41. The van der Waals surface area contributed by atoms with Gasteiger partial charge in [-0.3, -0.25) is 4.99 Å². The number of hydrogen-bond acceptors (Lipinski definition) is 4. The first-order valence-electron chi connectivity index (χ1n) is 8.30. The Kier molecular flexibility index (Phi) is 7.13. The molecule has 1 aliphatic rings. The molecule has 0 amide bonds. The van der Waals surface area contributed by atoms with Crippen molar-refractivity contribution in [1.29, 1.82) is 0 Å². The summed E-state index contributed by atoms with van der Waals surface area (Å²) < 4.78 is 11.1. The lowest BCUT2D eigenvalue weighted by molar-refractivity contribution is 0.181. The number of ether oxygens (including phenoxy) is 2. The maximum atomic E-state index is 5.70. The molecule has 2 rings (SSSR count). The Labute approximate surface area is 138 Å². The van der Waals surface area contributed by atoms with Crippen LogP contribution in [0.1, 0.15) is 25.3 Å². The summed E-state index contributed by atoms with van der Waals surface area (Å²) in [6.45, 7) is 6.08. The van der Waals surface area contributed by atoms with E-state index in [9.17, 15) is 0 Å². The Morgan fingerprint density at radius 2 is 2.43 bits per heavy atom. The van der Waals surface area contributed by atoms with Gasteiger partial charge in [-0.1, -0.05) is 13.0 Å². The highest BCUT2D eigenvalue weighted by Gasteiger charge is 2.19. The highest BCUT2D eigenvalue weighted by Crippen LogP contribution is 2.15. The van der Waals surface area contributed by atoms with Crippen LogP contribution in [0, 0.1) is 5.92 Å². The molecule has 1 aromatic rings. The van der Waals surface area contributed by atoms with Crippen LogP contribution in [0.3, 0.4) is 0 Å². The van der Waals surface area contributed by atoms with Crippen LogP contribution in [0.15, 0.2) is 23.3 Å². The fourth-order valence-electron chi connectivity index (χ4n) is 2.65. The molecule has 1 N–H and O–H groups in total. The Morgan fingerprint density at radius 3 is 3.13 bits per heavy atom. The van der Waals surface area contributed by atoms with Gasteiger partial charge in [-0.05, 0) is 18.9 Å². The minimum atomic E-state index is 0.584. The van der Waals surface area contributed by atoms with Gasteiger partial charge in [-0.25, -0.2) is 4.98 Å². The molecule has 0 radical (unpaired) electrons. The molecule has 1 aliphatic heterocycles. The predicted octanol–water partition coefficient (Wildman–Crippen LogP) is 1.91. The van der Waals surface area contributed by atoms with Gasteiger partial charge in [0, 0.05) is 51.5 Å². The molecular weight excluding hydrogens is 292 g/mol. The Balaban J connectivity index is 1.89. The van der Waals surface area contributed by atoms with Crippen molar-refractivity contribution in [1.82, 2.24) is 15.2 Å². The number of nitrogens with zero attached hydrogens (tertiary/aromatic N) is 3. The number of aliphatic imine (C=N–C) groups is 1. The van der Waals surface area contributed by atoms with Gasteiger partial charge in [0.1, 0.15) is 0 Å². The lowest BCUT2D eigenvalue weighted by Gasteiger charge is -2.24. The molecule has 0 bridgehead atoms. The zero-order chi connectivity index (χ0) is 16.5. The molecule has 0 saturated carbocycles. The van der Waals surface area contributed by atoms with Crippen LogP contribution in [-0.4, -0.2) is 56.3 Å². The predicted molar refractivity (Wildman–Crippen MR) is 91.8 cm³/mol. The summed E-state index contributed by atoms with van der Waals surface area (Å²) in [6.07, 6.45) is 3.85. The maximum Gasteiger partial charge on any atom is 0.218 e. The number of hydrogen-bond donors (Lipinski definition) is 1. The van der Waals surface area contributed by atoms with Gasteiger partial charge >= 0.3 is 0 Å². The highest BCUT2D eigenvalue weighted by molar-refractivity contribution is 5.79. The third-order valence-electron chi connectivity index (χ3n) is 3.86. The van der Waals surface area contributed by atoms with Crippen molar-refractivity contribution >= 4 is 5.96 Å². The van der Waals surface area contributed by atoms with E-state index in [2.05, 4.69) is 34.2 Å². The molecule has 128 valence electrons. The number of pyridine rings is 1. The molecule has 6 nitrogen and oxygen atoms in total. The van der Waals surface area contributed by atoms with Gasteiger partial charge in [-0.2, -0.15) is 0 Å². The lowest BCUT2D eigenvalue weighted by atomic mass is 10.1. The average Bonchev–Trinajstić information content (AvgIpc) is 3.07. The van der Waals surface area contributed by atoms with Crippen molar-refractivity contribution in [3.63, 3.8) is 0 Å². The second-order valence-corrected chi connectivity index (χ2v) is 5.83. The van der Waals surface area contributed by atoms with E-state index < -0.39 is 0 Å². The summed E-state index contributed by atoms with van der Waals surface area (Å²) in [5, 5.41) is 3.39. The standard InChI is InChI=1S/C17H28N4O2/c1-4-9-23-16-15(6-5-8-19-16)11-20-17(18-2)21(3)12-14-7-10-22-13-14/h5-6,8,14H,4,7,9-13H2,1-3H3,(H,18,20). The topological polar surface area (TPSA) is 59.0 Å². The maximum absolute atomic E-state index is 5.70. The van der Waals surface area contributed by atoms with Crippen molar-refractivity contribution in [3.05, 3.63) is 23.9 Å². The van der Waals surface area contributed by atoms with E-state index in [0.717, 1.165) is 44.1 Å². The molecular formula is C17H28N4O2. The molecule has 23 heavy (non-hydrogen) atoms. The molecule has 1 saturated heterocycles. The zero-order valence-electron chi connectivity index (χ0n) is 14.4. The fraction of sp³-hybridized carbons (Fsp3) is 0.647. The van der Waals surface area contributed by atoms with E-state index in [1.807, 2.05) is 19.2 Å². The van der Waals surface area contributed by atoms with E-state index in [1.165, 1.54) is 0 Å². The number of guanidine groups is 1. The smallest absolute Gasteiger partial charge is 0.218 e. The summed E-state index contributed by atoms with van der Waals surface area (Å²) in [5.41, 5.74) is 1.04. The van der Waals surface area contributed by atoms with Crippen LogP contribution in [0.4, 0.5) is 0 Å². The van der Waals surface area contributed by atoms with E-state index in [4.69, 9.17) is 9.47 Å². The van der Waals surface area contributed by atoms with Crippen LogP contribution in [0.2, 0.25) is 0 Å². The van der Waals surface area contributed by atoms with Crippen LogP contribution in [0.5, 0.6) is 5.88 Å². The molecule has 1 unspecified atom stereocenters. The van der Waals surface area contributed by atoms with Gasteiger partial charge in [0.05, 0.1) is 13.2 Å². The van der Waals surface area contributed by atoms with E-state index in [0.29, 0.717) is 24.9 Å². The Bertz CT molecular complexity index is 501. The summed E-state index contributed by atoms with van der Waals surface area (Å²) in [4.78, 5) is 10.8. The second-order valence-electron chi connectivity index (χ2n) is 5.83. The van der Waals surface area contributed by atoms with Crippen molar-refractivity contribution in [2.24, 2.45) is 10.9 Å². The SMILES string of the molecule is CCCOc1ncccc1CNC(=NC)N(C)CC1CCOC1. The summed E-state index contributed by atoms with van der Waals surface area (Å²) in [5.74, 6) is 2.16. The highest BCUT2D eigenvalue weighted by atomic mass is 16.5. The van der Waals surface area contributed by atoms with Gasteiger partial charge in [0.2, 0.25) is 5.88 Å². The first kappa shape index (κ1) is 17.5. The van der Waals surface area contributed by atoms with E-state index in [1.54, 1.807) is 6.20 Å². The van der Waals surface area contributed by atoms with Crippen LogP contribution in [-0.2, 0) is 11.3 Å². The minimum Gasteiger partial charge on any atom is -0.477 e. The minimum absolute atomic E-state index is 0.584. The van der Waals surface area contributed by atoms with Crippen LogP contribution >= 0.6 is 0 Å². The third kappa shape index (κ3) is 5.39. The van der Waals surface area contributed by atoms with Crippen LogP contribution in [0.25, 0.3) is 0 Å². The van der Waals surface area contributed by atoms with Crippen molar-refractivity contribution < 1.29 is 9.47 Å². The summed E-state index contributed by atoms with van der Waals surface area (Å²) in [7, 11) is 3.87. The quantitative estimate of drug-likeness (QED) is 0.614. The molecule has 0 spiro atoms. The second kappa shape index (κ2) is 9.35. The summed E-state index contributed by atoms with van der Waals surface area (Å²) >= 11 is 0. The number of aromatic nitrogens is 1. The fourth-order valence-corrected chi connectivity index (χ4v) is 2.65. The molecule has 0 aliphatic carbocycles. The molecule has 2 heterocycles. The zero-order valence-corrected chi connectivity index (χ0v) is 14.4. The van der Waals surface area contributed by atoms with Crippen LogP contribution < -0.4 is 10.1 Å². The Hall–Kier alpha value is -1.82. The van der Waals surface area contributed by atoms with Gasteiger partial charge in [0.15, 0.2) is 5.96 Å². The molecule has 1 fully saturated rings. The molecule has 6 heteroatoms. The first-order valence-corrected chi connectivity index (χ1v) is 8.30. The van der Waals surface area contributed by atoms with Gasteiger partial charge in [-0.15, -0.1) is 0 Å². The van der Waals surface area contributed by atoms with Crippen molar-refractivity contribution in [2.75, 3.05) is 40.5 Å². The van der Waals surface area contributed by atoms with Gasteiger partial charge < -0.3 is 19.7 Å². The molecule has 1 atom stereocenters. The van der Waals surface area contributed by atoms with Gasteiger partial charge in [0.25, 0.3) is 0 Å². The normalized spacial score (nSPS) is 18.0. The first-order chi connectivity index (χ1) is 11.2. The van der Waals surface area contributed by atoms with E-state index in [-0.39, 0.29) is 0 Å². The number of nitrogens with one attached hydrogen (secondary N) is 1. The van der Waals surface area contributed by atoms with E-state index >= 15 is 0 Å². The largest absolute Gasteiger partial charge is 0.477 e. The number of rotatable bonds is 7.